The Morgan fingerprint density at radius 2 is 2.00 bits per heavy atom. The normalized spacial score (nSPS) is 17.7. The van der Waals surface area contributed by atoms with E-state index in [0.717, 1.165) is 30.9 Å². The predicted octanol–water partition coefficient (Wildman–Crippen LogP) is 2.06. The number of rotatable bonds is 4. The summed E-state index contributed by atoms with van der Waals surface area (Å²) in [7, 11) is 4.20. The van der Waals surface area contributed by atoms with Gasteiger partial charge in [-0.25, -0.2) is 4.39 Å². The molecule has 0 aliphatic carbocycles. The maximum Gasteiger partial charge on any atom is 0.125 e. The first-order valence-corrected chi connectivity index (χ1v) is 6.97. The van der Waals surface area contributed by atoms with Crippen LogP contribution in [-0.4, -0.2) is 38.6 Å². The highest BCUT2D eigenvalue weighted by Gasteiger charge is 2.18. The summed E-state index contributed by atoms with van der Waals surface area (Å²) < 4.78 is 13.5. The van der Waals surface area contributed by atoms with Gasteiger partial charge in [-0.1, -0.05) is 0 Å². The van der Waals surface area contributed by atoms with E-state index in [9.17, 15) is 4.39 Å². The van der Waals surface area contributed by atoms with Crippen molar-refractivity contribution in [3.8, 4) is 0 Å². The van der Waals surface area contributed by atoms with Gasteiger partial charge in [-0.3, -0.25) is 0 Å². The fraction of sp³-hybridized carbons (Fsp3) is 0.600. The van der Waals surface area contributed by atoms with E-state index in [-0.39, 0.29) is 5.82 Å². The van der Waals surface area contributed by atoms with E-state index in [1.165, 1.54) is 18.9 Å². The molecule has 19 heavy (non-hydrogen) atoms. The first kappa shape index (κ1) is 14.3. The molecule has 1 aromatic carbocycles. The lowest BCUT2D eigenvalue weighted by atomic mass is 9.96. The molecule has 1 aliphatic rings. The molecular weight excluding hydrogens is 241 g/mol. The Hall–Kier alpha value is -1.13. The minimum absolute atomic E-state index is 0.201. The van der Waals surface area contributed by atoms with Crippen LogP contribution in [0.5, 0.6) is 0 Å². The Labute approximate surface area is 115 Å². The molecule has 1 aromatic rings. The average Bonchev–Trinajstić information content (AvgIpc) is 2.40. The molecular formula is C15H24FN3. The molecule has 2 N–H and O–H groups in total. The summed E-state index contributed by atoms with van der Waals surface area (Å²) >= 11 is 0. The second-order valence-electron chi connectivity index (χ2n) is 5.65. The standard InChI is InChI=1S/C15H24FN3/c1-18-5-3-12(4-6-18)11-19(2)15-8-13(10-17)7-14(16)9-15/h7-9,12H,3-6,10-11,17H2,1-2H3. The van der Waals surface area contributed by atoms with Gasteiger partial charge in [0.2, 0.25) is 0 Å². The van der Waals surface area contributed by atoms with Gasteiger partial charge in [-0.05, 0) is 62.7 Å². The summed E-state index contributed by atoms with van der Waals surface area (Å²) in [5.74, 6) is 0.499. The number of halogens is 1. The summed E-state index contributed by atoms with van der Waals surface area (Å²) in [6.07, 6.45) is 2.44. The van der Waals surface area contributed by atoms with Crippen molar-refractivity contribution in [2.45, 2.75) is 19.4 Å². The fourth-order valence-electron chi connectivity index (χ4n) is 2.71. The van der Waals surface area contributed by atoms with Crippen LogP contribution in [0.2, 0.25) is 0 Å². The SMILES string of the molecule is CN1CCC(CN(C)c2cc(F)cc(CN)c2)CC1. The first-order chi connectivity index (χ1) is 9.08. The number of nitrogens with zero attached hydrogens (tertiary/aromatic N) is 2. The molecule has 0 radical (unpaired) electrons. The molecule has 1 aliphatic heterocycles. The van der Waals surface area contributed by atoms with E-state index in [1.807, 2.05) is 13.1 Å². The minimum Gasteiger partial charge on any atom is -0.374 e. The van der Waals surface area contributed by atoms with Gasteiger partial charge >= 0.3 is 0 Å². The highest BCUT2D eigenvalue weighted by Crippen LogP contribution is 2.22. The van der Waals surface area contributed by atoms with Crippen molar-refractivity contribution in [1.82, 2.24) is 4.90 Å². The third-order valence-electron chi connectivity index (χ3n) is 3.99. The first-order valence-electron chi connectivity index (χ1n) is 6.97. The number of benzene rings is 1. The largest absolute Gasteiger partial charge is 0.374 e. The molecule has 3 nitrogen and oxygen atoms in total. The van der Waals surface area contributed by atoms with E-state index in [2.05, 4.69) is 16.8 Å². The Kier molecular flexibility index (Phi) is 4.77. The maximum atomic E-state index is 13.5. The zero-order valence-electron chi connectivity index (χ0n) is 11.9. The van der Waals surface area contributed by atoms with Crippen LogP contribution in [-0.2, 0) is 6.54 Å². The van der Waals surface area contributed by atoms with Gasteiger partial charge < -0.3 is 15.5 Å². The summed E-state index contributed by atoms with van der Waals surface area (Å²) in [4.78, 5) is 4.52. The van der Waals surface area contributed by atoms with E-state index >= 15 is 0 Å². The van der Waals surface area contributed by atoms with Crippen molar-refractivity contribution in [3.05, 3.63) is 29.6 Å². The second kappa shape index (κ2) is 6.35. The Bertz CT molecular complexity index is 414. The summed E-state index contributed by atoms with van der Waals surface area (Å²) in [5, 5.41) is 0. The quantitative estimate of drug-likeness (QED) is 0.904. The zero-order valence-corrected chi connectivity index (χ0v) is 11.9. The molecule has 4 heteroatoms. The van der Waals surface area contributed by atoms with Crippen molar-refractivity contribution in [2.75, 3.05) is 38.6 Å². The fourth-order valence-corrected chi connectivity index (χ4v) is 2.71. The third-order valence-corrected chi connectivity index (χ3v) is 3.99. The highest BCUT2D eigenvalue weighted by atomic mass is 19.1. The number of hydrogen-bond acceptors (Lipinski definition) is 3. The summed E-state index contributed by atoms with van der Waals surface area (Å²) in [6.45, 7) is 3.69. The predicted molar refractivity (Wildman–Crippen MR) is 77.8 cm³/mol. The van der Waals surface area contributed by atoms with Gasteiger partial charge in [0.1, 0.15) is 5.82 Å². The van der Waals surface area contributed by atoms with Crippen LogP contribution in [0.15, 0.2) is 18.2 Å². The lowest BCUT2D eigenvalue weighted by molar-refractivity contribution is 0.222. The van der Waals surface area contributed by atoms with Gasteiger partial charge in [0, 0.05) is 25.8 Å². The molecule has 0 spiro atoms. The van der Waals surface area contributed by atoms with Crippen LogP contribution in [0, 0.1) is 11.7 Å². The molecule has 0 amide bonds. The average molecular weight is 265 g/mol. The van der Waals surface area contributed by atoms with Crippen molar-refractivity contribution in [2.24, 2.45) is 11.7 Å². The van der Waals surface area contributed by atoms with Crippen LogP contribution < -0.4 is 10.6 Å². The van der Waals surface area contributed by atoms with Crippen molar-refractivity contribution >= 4 is 5.69 Å². The topological polar surface area (TPSA) is 32.5 Å². The van der Waals surface area contributed by atoms with Crippen molar-refractivity contribution < 1.29 is 4.39 Å². The molecule has 0 aromatic heterocycles. The lowest BCUT2D eigenvalue weighted by Gasteiger charge is -2.32. The smallest absolute Gasteiger partial charge is 0.125 e. The summed E-state index contributed by atoms with van der Waals surface area (Å²) in [5.41, 5.74) is 7.38. The molecule has 106 valence electrons. The molecule has 1 fully saturated rings. The zero-order chi connectivity index (χ0) is 13.8. The van der Waals surface area contributed by atoms with E-state index in [4.69, 9.17) is 5.73 Å². The Balaban J connectivity index is 1.99. The van der Waals surface area contributed by atoms with Crippen molar-refractivity contribution in [3.63, 3.8) is 0 Å². The Morgan fingerprint density at radius 1 is 1.32 bits per heavy atom. The number of hydrogen-bond donors (Lipinski definition) is 1. The maximum absolute atomic E-state index is 13.5. The number of anilines is 1. The van der Waals surface area contributed by atoms with Crippen molar-refractivity contribution in [1.29, 1.82) is 0 Å². The monoisotopic (exact) mass is 265 g/mol. The van der Waals surface area contributed by atoms with Gasteiger partial charge in [-0.15, -0.1) is 0 Å². The van der Waals surface area contributed by atoms with Crippen LogP contribution in [0.1, 0.15) is 18.4 Å². The Morgan fingerprint density at radius 3 is 2.63 bits per heavy atom. The molecule has 0 atom stereocenters. The number of likely N-dealkylation sites (tertiary alicyclic amines) is 1. The van der Waals surface area contributed by atoms with Gasteiger partial charge in [-0.2, -0.15) is 0 Å². The molecule has 1 heterocycles. The van der Waals surface area contributed by atoms with Crippen LogP contribution in [0.25, 0.3) is 0 Å². The highest BCUT2D eigenvalue weighted by molar-refractivity contribution is 5.48. The summed E-state index contributed by atoms with van der Waals surface area (Å²) in [6, 6.07) is 5.08. The number of nitrogens with two attached hydrogens (primary N) is 1. The van der Waals surface area contributed by atoms with Gasteiger partial charge in [0.15, 0.2) is 0 Å². The van der Waals surface area contributed by atoms with Gasteiger partial charge in [0.05, 0.1) is 0 Å². The van der Waals surface area contributed by atoms with E-state index in [1.54, 1.807) is 6.07 Å². The second-order valence-corrected chi connectivity index (χ2v) is 5.65. The van der Waals surface area contributed by atoms with Crippen LogP contribution >= 0.6 is 0 Å². The molecule has 2 rings (SSSR count). The third kappa shape index (κ3) is 3.91. The van der Waals surface area contributed by atoms with Crippen LogP contribution in [0.4, 0.5) is 10.1 Å². The number of piperidine rings is 1. The minimum atomic E-state index is -0.201. The van der Waals surface area contributed by atoms with Gasteiger partial charge in [0.25, 0.3) is 0 Å². The van der Waals surface area contributed by atoms with Crippen LogP contribution in [0.3, 0.4) is 0 Å². The molecule has 0 unspecified atom stereocenters. The molecule has 0 bridgehead atoms. The molecule has 1 saturated heterocycles. The van der Waals surface area contributed by atoms with E-state index in [0.29, 0.717) is 12.5 Å². The van der Waals surface area contributed by atoms with E-state index < -0.39 is 0 Å². The molecule has 0 saturated carbocycles. The lowest BCUT2D eigenvalue weighted by Crippen LogP contribution is -2.35.